The summed E-state index contributed by atoms with van der Waals surface area (Å²) in [5.41, 5.74) is 3.00. The molecule has 0 radical (unpaired) electrons. The standard InChI is InChI=1S/C40H46N2O13/c1-25-36(53-26(2)43)37(54-27(3)44)38(55-28(4)45)40(52-25)49-21-9-14-34(46)41-19-20-42-35(47)24-50-33-17-15-30(16-18-33)31-12-8-13-32(22-31)39(48)51-23-29-10-6-5-7-11-29/h5-8,10-13,15-18,22,25,36-38,40H,9,14,19-21,23-24H2,1-4H3,(H,41,46)(H,42,47)/t25-,36?,37?,38-,40?/m0/s1. The topological polar surface area (TPSA) is 191 Å². The first-order valence-corrected chi connectivity index (χ1v) is 17.8. The summed E-state index contributed by atoms with van der Waals surface area (Å²) in [4.78, 5) is 72.6. The van der Waals surface area contributed by atoms with E-state index in [9.17, 15) is 28.8 Å². The van der Waals surface area contributed by atoms with Crippen molar-refractivity contribution in [2.75, 3.05) is 26.3 Å². The van der Waals surface area contributed by atoms with Gasteiger partial charge in [-0.2, -0.15) is 0 Å². The number of hydrogen-bond donors (Lipinski definition) is 2. The number of benzene rings is 3. The van der Waals surface area contributed by atoms with E-state index >= 15 is 0 Å². The van der Waals surface area contributed by atoms with Gasteiger partial charge in [-0.3, -0.25) is 24.0 Å². The number of hydrogen-bond acceptors (Lipinski definition) is 13. The maximum absolute atomic E-state index is 12.6. The van der Waals surface area contributed by atoms with Crippen LogP contribution in [0.4, 0.5) is 0 Å². The molecule has 4 rings (SSSR count). The van der Waals surface area contributed by atoms with E-state index < -0.39 is 54.6 Å². The molecule has 2 N–H and O–H groups in total. The number of carbonyl (C=O) groups is 6. The van der Waals surface area contributed by atoms with E-state index in [0.29, 0.717) is 11.3 Å². The van der Waals surface area contributed by atoms with Crippen molar-refractivity contribution < 1.29 is 61.9 Å². The molecule has 0 spiro atoms. The van der Waals surface area contributed by atoms with E-state index in [1.807, 2.05) is 48.5 Å². The summed E-state index contributed by atoms with van der Waals surface area (Å²) in [5.74, 6) is -2.62. The minimum atomic E-state index is -1.23. The maximum Gasteiger partial charge on any atom is 0.338 e. The number of esters is 4. The van der Waals surface area contributed by atoms with E-state index in [1.165, 1.54) is 13.8 Å². The predicted molar refractivity (Wildman–Crippen MR) is 195 cm³/mol. The van der Waals surface area contributed by atoms with Gasteiger partial charge in [-0.25, -0.2) is 4.79 Å². The van der Waals surface area contributed by atoms with Gasteiger partial charge in [0.2, 0.25) is 5.91 Å². The van der Waals surface area contributed by atoms with Gasteiger partial charge < -0.3 is 43.8 Å². The number of nitrogens with one attached hydrogen (secondary N) is 2. The second kappa shape index (κ2) is 21.2. The summed E-state index contributed by atoms with van der Waals surface area (Å²) < 4.78 is 38.6. The summed E-state index contributed by atoms with van der Waals surface area (Å²) >= 11 is 0. The van der Waals surface area contributed by atoms with Gasteiger partial charge in [0.25, 0.3) is 5.91 Å². The molecule has 1 aliphatic heterocycles. The first kappa shape index (κ1) is 41.9. The molecule has 1 fully saturated rings. The molecule has 15 nitrogen and oxygen atoms in total. The molecule has 2 amide bonds. The third kappa shape index (κ3) is 13.8. The van der Waals surface area contributed by atoms with Crippen molar-refractivity contribution in [2.24, 2.45) is 0 Å². The van der Waals surface area contributed by atoms with Crippen LogP contribution < -0.4 is 15.4 Å². The van der Waals surface area contributed by atoms with Gasteiger partial charge in [-0.1, -0.05) is 54.6 Å². The Bertz CT molecular complexity index is 1770. The minimum absolute atomic E-state index is 0.0266. The summed E-state index contributed by atoms with van der Waals surface area (Å²) in [6, 6.07) is 23.7. The molecule has 55 heavy (non-hydrogen) atoms. The van der Waals surface area contributed by atoms with Crippen LogP contribution in [0.5, 0.6) is 5.75 Å². The fraction of sp³-hybridized carbons (Fsp3) is 0.400. The Morgan fingerprint density at radius 3 is 2.00 bits per heavy atom. The molecule has 294 valence electrons. The number of ether oxygens (including phenoxy) is 7. The van der Waals surface area contributed by atoms with Crippen molar-refractivity contribution in [3.05, 3.63) is 90.0 Å². The predicted octanol–water partition coefficient (Wildman–Crippen LogP) is 3.66. The molecule has 1 saturated heterocycles. The van der Waals surface area contributed by atoms with Crippen molar-refractivity contribution in [2.45, 2.75) is 77.8 Å². The van der Waals surface area contributed by atoms with E-state index in [1.54, 1.807) is 37.3 Å². The summed E-state index contributed by atoms with van der Waals surface area (Å²) in [7, 11) is 0. The van der Waals surface area contributed by atoms with Crippen LogP contribution in [0.2, 0.25) is 0 Å². The molecule has 1 heterocycles. The third-order valence-electron chi connectivity index (χ3n) is 8.10. The molecule has 5 atom stereocenters. The molecule has 0 bridgehead atoms. The minimum Gasteiger partial charge on any atom is -0.484 e. The maximum atomic E-state index is 12.6. The zero-order valence-corrected chi connectivity index (χ0v) is 31.1. The monoisotopic (exact) mass is 762 g/mol. The van der Waals surface area contributed by atoms with E-state index in [-0.39, 0.29) is 57.6 Å². The highest BCUT2D eigenvalue weighted by Gasteiger charge is 2.50. The van der Waals surface area contributed by atoms with Crippen LogP contribution in [0.1, 0.15) is 56.5 Å². The van der Waals surface area contributed by atoms with E-state index in [4.69, 9.17) is 33.2 Å². The van der Waals surface area contributed by atoms with Gasteiger partial charge in [0.05, 0.1) is 18.3 Å². The highest BCUT2D eigenvalue weighted by molar-refractivity contribution is 5.91. The van der Waals surface area contributed by atoms with Crippen molar-refractivity contribution in [1.29, 1.82) is 0 Å². The Morgan fingerprint density at radius 2 is 1.33 bits per heavy atom. The highest BCUT2D eigenvalue weighted by Crippen LogP contribution is 2.29. The Labute approximate surface area is 318 Å². The van der Waals surface area contributed by atoms with Crippen LogP contribution in [-0.4, -0.2) is 92.7 Å². The number of carbonyl (C=O) groups excluding carboxylic acids is 6. The van der Waals surface area contributed by atoms with Gasteiger partial charge in [-0.15, -0.1) is 0 Å². The molecule has 0 aliphatic carbocycles. The van der Waals surface area contributed by atoms with Crippen LogP contribution in [0.3, 0.4) is 0 Å². The lowest BCUT2D eigenvalue weighted by atomic mass is 9.99. The molecule has 1 aliphatic rings. The van der Waals surface area contributed by atoms with E-state index in [0.717, 1.165) is 23.6 Å². The Kier molecular flexibility index (Phi) is 16.2. The molecule has 15 heteroatoms. The fourth-order valence-corrected chi connectivity index (χ4v) is 5.60. The number of amides is 2. The summed E-state index contributed by atoms with van der Waals surface area (Å²) in [5, 5.41) is 5.38. The summed E-state index contributed by atoms with van der Waals surface area (Å²) in [6.45, 7) is 5.45. The molecular formula is C40H46N2O13. The molecular weight excluding hydrogens is 716 g/mol. The second-order valence-electron chi connectivity index (χ2n) is 12.6. The molecule has 3 aromatic carbocycles. The van der Waals surface area contributed by atoms with Crippen LogP contribution >= 0.6 is 0 Å². The lowest BCUT2D eigenvalue weighted by Gasteiger charge is -2.43. The van der Waals surface area contributed by atoms with Crippen LogP contribution in [0.25, 0.3) is 11.1 Å². The van der Waals surface area contributed by atoms with Crippen molar-refractivity contribution >= 4 is 35.7 Å². The van der Waals surface area contributed by atoms with Crippen molar-refractivity contribution in [3.8, 4) is 16.9 Å². The SMILES string of the molecule is CC(=O)OC1C(OC(C)=O)[C@H](C)OC(OCCCC(=O)NCCNC(=O)COc2ccc(-c3cccc(C(=O)OCc4ccccc4)c3)cc2)[C@H]1OC(C)=O. The van der Waals surface area contributed by atoms with Gasteiger partial charge in [0, 0.05) is 40.3 Å². The first-order valence-electron chi connectivity index (χ1n) is 17.8. The molecule has 0 saturated carbocycles. The van der Waals surface area contributed by atoms with Crippen LogP contribution in [0, 0.1) is 0 Å². The molecule has 0 aromatic heterocycles. The largest absolute Gasteiger partial charge is 0.484 e. The Balaban J connectivity index is 1.13. The average Bonchev–Trinajstić information content (AvgIpc) is 3.16. The zero-order valence-electron chi connectivity index (χ0n) is 31.1. The summed E-state index contributed by atoms with van der Waals surface area (Å²) in [6.07, 6.45) is -5.03. The van der Waals surface area contributed by atoms with Gasteiger partial charge in [-0.05, 0) is 54.3 Å². The fourth-order valence-electron chi connectivity index (χ4n) is 5.60. The van der Waals surface area contributed by atoms with Gasteiger partial charge >= 0.3 is 23.9 Å². The van der Waals surface area contributed by atoms with Gasteiger partial charge in [0.1, 0.15) is 12.4 Å². The third-order valence-corrected chi connectivity index (χ3v) is 8.10. The van der Waals surface area contributed by atoms with Crippen LogP contribution in [-0.2, 0) is 59.0 Å². The van der Waals surface area contributed by atoms with Crippen molar-refractivity contribution in [1.82, 2.24) is 10.6 Å². The molecule has 3 aromatic rings. The second-order valence-corrected chi connectivity index (χ2v) is 12.6. The lowest BCUT2D eigenvalue weighted by molar-refractivity contribution is -0.300. The van der Waals surface area contributed by atoms with E-state index in [2.05, 4.69) is 10.6 Å². The lowest BCUT2D eigenvalue weighted by Crippen LogP contribution is -2.61. The zero-order chi connectivity index (χ0) is 39.7. The van der Waals surface area contributed by atoms with Gasteiger partial charge in [0.15, 0.2) is 31.2 Å². The highest BCUT2D eigenvalue weighted by atomic mass is 16.7. The van der Waals surface area contributed by atoms with Crippen LogP contribution in [0.15, 0.2) is 78.9 Å². The first-order chi connectivity index (χ1) is 26.4. The normalized spacial score (nSPS) is 18.9. The Morgan fingerprint density at radius 1 is 0.691 bits per heavy atom. The van der Waals surface area contributed by atoms with Crippen molar-refractivity contribution in [3.63, 3.8) is 0 Å². The molecule has 3 unspecified atom stereocenters. The quantitative estimate of drug-likeness (QED) is 0.109. The Hall–Kier alpha value is -5.80. The smallest absolute Gasteiger partial charge is 0.338 e. The number of rotatable bonds is 18. The average molecular weight is 763 g/mol.